The first-order valence-electron chi connectivity index (χ1n) is 6.72. The van der Waals surface area contributed by atoms with E-state index in [2.05, 4.69) is 15.6 Å². The molecule has 7 heteroatoms. The maximum atomic E-state index is 12.2. The quantitative estimate of drug-likeness (QED) is 0.888. The third-order valence-corrected chi connectivity index (χ3v) is 3.50. The van der Waals surface area contributed by atoms with E-state index >= 15 is 0 Å². The molecule has 1 heterocycles. The fourth-order valence-electron chi connectivity index (χ4n) is 1.87. The van der Waals surface area contributed by atoms with Crippen LogP contribution in [-0.4, -0.2) is 35.8 Å². The lowest BCUT2D eigenvalue weighted by Gasteiger charge is -2.06. The van der Waals surface area contributed by atoms with Crippen LogP contribution in [0, 0.1) is 0 Å². The number of rotatable bonds is 5. The van der Waals surface area contributed by atoms with E-state index in [1.807, 2.05) is 24.4 Å². The van der Waals surface area contributed by atoms with Crippen LogP contribution in [-0.2, 0) is 11.3 Å². The molecule has 6 nitrogen and oxygen atoms in total. The Kier molecular flexibility index (Phi) is 5.24. The van der Waals surface area contributed by atoms with Crippen molar-refractivity contribution in [1.29, 1.82) is 0 Å². The average Bonchev–Trinajstić information content (AvgIpc) is 2.84. The van der Waals surface area contributed by atoms with Gasteiger partial charge in [-0.1, -0.05) is 6.07 Å². The molecule has 0 aliphatic rings. The molecular weight excluding hydrogens is 300 g/mol. The fraction of sp³-hybridized carbons (Fsp3) is 0.267. The molecule has 0 aliphatic carbocycles. The van der Waals surface area contributed by atoms with Crippen molar-refractivity contribution < 1.29 is 9.59 Å². The van der Waals surface area contributed by atoms with Gasteiger partial charge in [0, 0.05) is 30.1 Å². The minimum atomic E-state index is -0.252. The van der Waals surface area contributed by atoms with Crippen molar-refractivity contribution in [2.45, 2.75) is 13.5 Å². The highest BCUT2D eigenvalue weighted by Gasteiger charge is 2.10. The average molecular weight is 318 g/mol. The maximum absolute atomic E-state index is 12.2. The van der Waals surface area contributed by atoms with Gasteiger partial charge in [0.05, 0.1) is 5.69 Å². The van der Waals surface area contributed by atoms with Gasteiger partial charge in [-0.2, -0.15) is 0 Å². The van der Waals surface area contributed by atoms with Crippen molar-refractivity contribution in [3.8, 4) is 0 Å². The van der Waals surface area contributed by atoms with Crippen LogP contribution in [0.25, 0.3) is 0 Å². The fourth-order valence-corrected chi connectivity index (χ4v) is 2.57. The van der Waals surface area contributed by atoms with Crippen molar-refractivity contribution in [2.24, 2.45) is 0 Å². The number of amides is 2. The Morgan fingerprint density at radius 1 is 1.27 bits per heavy atom. The van der Waals surface area contributed by atoms with Crippen molar-refractivity contribution in [1.82, 2.24) is 9.88 Å². The summed E-state index contributed by atoms with van der Waals surface area (Å²) < 4.78 is 0. The van der Waals surface area contributed by atoms with Crippen LogP contribution < -0.4 is 10.6 Å². The van der Waals surface area contributed by atoms with Crippen LogP contribution in [0.2, 0.25) is 0 Å². The second-order valence-corrected chi connectivity index (χ2v) is 5.96. The summed E-state index contributed by atoms with van der Waals surface area (Å²) >= 11 is 1.39. The predicted octanol–water partition coefficient (Wildman–Crippen LogP) is 2.42. The first-order chi connectivity index (χ1) is 10.4. The highest BCUT2D eigenvalue weighted by Crippen LogP contribution is 2.18. The number of hydrogen-bond acceptors (Lipinski definition) is 5. The zero-order valence-corrected chi connectivity index (χ0v) is 13.5. The van der Waals surface area contributed by atoms with Gasteiger partial charge in [0.2, 0.25) is 5.91 Å². The second kappa shape index (κ2) is 7.15. The van der Waals surface area contributed by atoms with Crippen molar-refractivity contribution in [2.75, 3.05) is 24.7 Å². The van der Waals surface area contributed by atoms with Gasteiger partial charge < -0.3 is 10.2 Å². The lowest BCUT2D eigenvalue weighted by Crippen LogP contribution is -2.14. The van der Waals surface area contributed by atoms with E-state index in [9.17, 15) is 9.59 Å². The Morgan fingerprint density at radius 3 is 2.73 bits per heavy atom. The topological polar surface area (TPSA) is 74.3 Å². The van der Waals surface area contributed by atoms with Crippen molar-refractivity contribution in [3.05, 3.63) is 40.9 Å². The monoisotopic (exact) mass is 318 g/mol. The molecule has 22 heavy (non-hydrogen) atoms. The number of hydrogen-bond donors (Lipinski definition) is 2. The van der Waals surface area contributed by atoms with Crippen LogP contribution in [0.15, 0.2) is 29.6 Å². The summed E-state index contributed by atoms with van der Waals surface area (Å²) in [6, 6.07) is 6.77. The van der Waals surface area contributed by atoms with Gasteiger partial charge in [-0.15, -0.1) is 11.3 Å². The largest absolute Gasteiger partial charge is 0.326 e. The van der Waals surface area contributed by atoms with E-state index in [0.717, 1.165) is 12.2 Å². The molecule has 0 spiro atoms. The lowest BCUT2D eigenvalue weighted by molar-refractivity contribution is -0.114. The first kappa shape index (κ1) is 16.1. The normalized spacial score (nSPS) is 10.5. The lowest BCUT2D eigenvalue weighted by atomic mass is 10.2. The first-order valence-corrected chi connectivity index (χ1v) is 7.60. The number of carbonyl (C=O) groups excluding carboxylic acids is 2. The molecule has 0 unspecified atom stereocenters. The highest BCUT2D eigenvalue weighted by molar-refractivity contribution is 7.13. The molecule has 2 rings (SSSR count). The van der Waals surface area contributed by atoms with E-state index in [0.29, 0.717) is 16.4 Å². The van der Waals surface area contributed by atoms with Gasteiger partial charge in [0.15, 0.2) is 5.13 Å². The second-order valence-electron chi connectivity index (χ2n) is 5.10. The molecule has 116 valence electrons. The summed E-state index contributed by atoms with van der Waals surface area (Å²) in [4.78, 5) is 29.6. The molecule has 0 radical (unpaired) electrons. The number of carbonyl (C=O) groups is 2. The van der Waals surface area contributed by atoms with Gasteiger partial charge in [-0.3, -0.25) is 14.9 Å². The summed E-state index contributed by atoms with van der Waals surface area (Å²) in [5.41, 5.74) is 1.97. The SMILES string of the molecule is CC(=O)Nc1cccc(C(=O)Nc2nc(CN(C)C)cs2)c1. The molecule has 0 fully saturated rings. The molecule has 2 aromatic rings. The Morgan fingerprint density at radius 2 is 2.05 bits per heavy atom. The standard InChI is InChI=1S/C15H18N4O2S/c1-10(20)16-12-6-4-5-11(7-12)14(21)18-15-17-13(9-22-15)8-19(2)3/h4-7,9H,8H2,1-3H3,(H,16,20)(H,17,18,21). The van der Waals surface area contributed by atoms with E-state index in [1.165, 1.54) is 18.3 Å². The zero-order valence-electron chi connectivity index (χ0n) is 12.7. The number of anilines is 2. The number of nitrogens with zero attached hydrogens (tertiary/aromatic N) is 2. The summed E-state index contributed by atoms with van der Waals surface area (Å²) in [6.07, 6.45) is 0. The minimum Gasteiger partial charge on any atom is -0.326 e. The summed E-state index contributed by atoms with van der Waals surface area (Å²) in [5.74, 6) is -0.427. The van der Waals surface area contributed by atoms with E-state index in [4.69, 9.17) is 0 Å². The number of thiazole rings is 1. The van der Waals surface area contributed by atoms with Gasteiger partial charge >= 0.3 is 0 Å². The molecule has 2 N–H and O–H groups in total. The Balaban J connectivity index is 2.05. The third kappa shape index (κ3) is 4.64. The summed E-state index contributed by atoms with van der Waals surface area (Å²) in [6.45, 7) is 2.15. The molecule has 0 aliphatic heterocycles. The van der Waals surface area contributed by atoms with Gasteiger partial charge in [0.1, 0.15) is 0 Å². The zero-order chi connectivity index (χ0) is 16.1. The molecule has 0 saturated heterocycles. The summed E-state index contributed by atoms with van der Waals surface area (Å²) in [7, 11) is 3.93. The summed E-state index contributed by atoms with van der Waals surface area (Å²) in [5, 5.41) is 7.90. The Hall–Kier alpha value is -2.25. The van der Waals surface area contributed by atoms with E-state index in [1.54, 1.807) is 24.3 Å². The van der Waals surface area contributed by atoms with Crippen LogP contribution in [0.4, 0.5) is 10.8 Å². The van der Waals surface area contributed by atoms with Gasteiger partial charge in [-0.25, -0.2) is 4.98 Å². The molecule has 0 saturated carbocycles. The smallest absolute Gasteiger partial charge is 0.257 e. The molecule has 1 aromatic heterocycles. The maximum Gasteiger partial charge on any atom is 0.257 e. The highest BCUT2D eigenvalue weighted by atomic mass is 32.1. The van der Waals surface area contributed by atoms with Crippen LogP contribution in [0.5, 0.6) is 0 Å². The molecular formula is C15H18N4O2S. The Labute approximate surface area is 133 Å². The van der Waals surface area contributed by atoms with Crippen molar-refractivity contribution >= 4 is 34.0 Å². The van der Waals surface area contributed by atoms with Crippen LogP contribution in [0.1, 0.15) is 23.0 Å². The number of benzene rings is 1. The van der Waals surface area contributed by atoms with Gasteiger partial charge in [0.25, 0.3) is 5.91 Å². The predicted molar refractivity (Wildman–Crippen MR) is 88.2 cm³/mol. The molecule has 2 amide bonds. The minimum absolute atomic E-state index is 0.175. The molecule has 1 aromatic carbocycles. The Bertz CT molecular complexity index is 682. The van der Waals surface area contributed by atoms with Crippen molar-refractivity contribution in [3.63, 3.8) is 0 Å². The van der Waals surface area contributed by atoms with E-state index in [-0.39, 0.29) is 11.8 Å². The van der Waals surface area contributed by atoms with E-state index < -0.39 is 0 Å². The third-order valence-electron chi connectivity index (χ3n) is 2.70. The molecule has 0 atom stereocenters. The number of nitrogens with one attached hydrogen (secondary N) is 2. The van der Waals surface area contributed by atoms with Gasteiger partial charge in [-0.05, 0) is 32.3 Å². The van der Waals surface area contributed by atoms with Crippen LogP contribution >= 0.6 is 11.3 Å². The molecule has 0 bridgehead atoms. The number of aromatic nitrogens is 1. The van der Waals surface area contributed by atoms with Crippen LogP contribution in [0.3, 0.4) is 0 Å².